The summed E-state index contributed by atoms with van der Waals surface area (Å²) >= 11 is 0. The Morgan fingerprint density at radius 3 is 2.39 bits per heavy atom. The van der Waals surface area contributed by atoms with Crippen molar-refractivity contribution in [3.8, 4) is 23.4 Å². The van der Waals surface area contributed by atoms with Crippen molar-refractivity contribution in [1.29, 1.82) is 10.5 Å². The van der Waals surface area contributed by atoms with Gasteiger partial charge in [-0.2, -0.15) is 23.7 Å². The summed E-state index contributed by atoms with van der Waals surface area (Å²) in [6.07, 6.45) is -3.00. The highest BCUT2D eigenvalue weighted by Crippen LogP contribution is 2.41. The Bertz CT molecular complexity index is 1500. The number of carbonyl (C=O) groups is 1. The second-order valence-corrected chi connectivity index (χ2v) is 7.63. The first-order chi connectivity index (χ1) is 17.0. The third-order valence-corrected chi connectivity index (χ3v) is 5.42. The average molecular weight is 492 g/mol. The van der Waals surface area contributed by atoms with Gasteiger partial charge in [-0.1, -0.05) is 24.3 Å². The maximum Gasteiger partial charge on any atom is 0.416 e. The summed E-state index contributed by atoms with van der Waals surface area (Å²) in [5.74, 6) is -1.39. The minimum absolute atomic E-state index is 0.0327. The number of alkyl halides is 3. The van der Waals surface area contributed by atoms with Gasteiger partial charge in [-0.05, 0) is 34.9 Å². The molecule has 13 heteroatoms. The third kappa shape index (κ3) is 4.28. The molecule has 1 atom stereocenters. The van der Waals surface area contributed by atoms with E-state index in [1.54, 1.807) is 18.3 Å². The van der Waals surface area contributed by atoms with Crippen molar-refractivity contribution in [1.82, 2.24) is 10.3 Å². The largest absolute Gasteiger partial charge is 0.478 e. The molecule has 2 heterocycles. The van der Waals surface area contributed by atoms with Gasteiger partial charge in [0.15, 0.2) is 6.19 Å². The average Bonchev–Trinajstić information content (AvgIpc) is 2.83. The second kappa shape index (κ2) is 8.81. The highest BCUT2D eigenvalue weighted by atomic mass is 19.4. The standard InChI is InChI=1S/C23H15F3N8O2/c24-23(25,26)14-6-12(5-13(7-14)21(35)36)10-1-3-11(4-2-10)18-16-17(29)15(8-27)19(30)33-20(16)34-22(32-18)31-9-28/h1-7,18H,(H,35,36)(H6,29,30,31,32,33,34). The highest BCUT2D eigenvalue weighted by Gasteiger charge is 2.32. The summed E-state index contributed by atoms with van der Waals surface area (Å²) in [4.78, 5) is 19.9. The Hall–Kier alpha value is -5.30. The van der Waals surface area contributed by atoms with E-state index < -0.39 is 29.3 Å². The highest BCUT2D eigenvalue weighted by molar-refractivity contribution is 5.98. The molecule has 0 spiro atoms. The van der Waals surface area contributed by atoms with Gasteiger partial charge in [0, 0.05) is 5.56 Å². The molecule has 1 aliphatic heterocycles. The summed E-state index contributed by atoms with van der Waals surface area (Å²) in [5.41, 5.74) is 11.6. The van der Waals surface area contributed by atoms with Crippen LogP contribution in [-0.4, -0.2) is 22.0 Å². The monoisotopic (exact) mass is 492 g/mol. The van der Waals surface area contributed by atoms with Crippen LogP contribution in [0.1, 0.15) is 38.7 Å². The smallest absolute Gasteiger partial charge is 0.416 e. The van der Waals surface area contributed by atoms with E-state index >= 15 is 0 Å². The van der Waals surface area contributed by atoms with Crippen LogP contribution < -0.4 is 22.1 Å². The second-order valence-electron chi connectivity index (χ2n) is 7.63. The van der Waals surface area contributed by atoms with E-state index in [0.29, 0.717) is 22.8 Å². The molecule has 0 radical (unpaired) electrons. The Balaban J connectivity index is 1.82. The zero-order valence-corrected chi connectivity index (χ0v) is 18.1. The van der Waals surface area contributed by atoms with Crippen molar-refractivity contribution < 1.29 is 23.1 Å². The summed E-state index contributed by atoms with van der Waals surface area (Å²) in [7, 11) is 0. The predicted octanol–water partition coefficient (Wildman–Crippen LogP) is 3.44. The van der Waals surface area contributed by atoms with Crippen molar-refractivity contribution in [2.75, 3.05) is 16.8 Å². The molecule has 0 aliphatic carbocycles. The van der Waals surface area contributed by atoms with Gasteiger partial charge >= 0.3 is 12.1 Å². The van der Waals surface area contributed by atoms with E-state index in [0.717, 1.165) is 12.1 Å². The molecule has 0 bridgehead atoms. The number of hydrogen-bond donors (Lipinski definition) is 5. The van der Waals surface area contributed by atoms with Gasteiger partial charge in [-0.3, -0.25) is 5.32 Å². The molecule has 1 aromatic heterocycles. The number of guanidine groups is 1. The normalized spacial score (nSPS) is 14.5. The predicted molar refractivity (Wildman–Crippen MR) is 123 cm³/mol. The van der Waals surface area contributed by atoms with E-state index in [1.807, 2.05) is 6.07 Å². The number of aromatic carboxylic acids is 1. The first-order valence-electron chi connectivity index (χ1n) is 10.1. The molecule has 180 valence electrons. The lowest BCUT2D eigenvalue weighted by molar-refractivity contribution is -0.137. The number of nitriles is 2. The van der Waals surface area contributed by atoms with Crippen molar-refractivity contribution in [3.05, 3.63) is 70.3 Å². The number of nitrogen functional groups attached to an aromatic ring is 2. The molecule has 7 N–H and O–H groups in total. The lowest BCUT2D eigenvalue weighted by Crippen LogP contribution is -2.32. The number of rotatable bonds is 3. The van der Waals surface area contributed by atoms with Crippen LogP contribution in [-0.2, 0) is 6.18 Å². The SMILES string of the molecule is N#CNC1=NC(c2ccc(-c3cc(C(=O)O)cc(C(F)(F)F)c3)cc2)c2c(nc(N)c(C#N)c2N)N1. The molecule has 10 nitrogen and oxygen atoms in total. The van der Waals surface area contributed by atoms with E-state index in [9.17, 15) is 28.3 Å². The van der Waals surface area contributed by atoms with Gasteiger partial charge in [0.1, 0.15) is 29.3 Å². The molecule has 0 fully saturated rings. The molecule has 0 amide bonds. The van der Waals surface area contributed by atoms with Crippen LogP contribution in [0, 0.1) is 22.8 Å². The van der Waals surface area contributed by atoms with Gasteiger partial charge in [0.2, 0.25) is 5.96 Å². The van der Waals surface area contributed by atoms with Crippen molar-refractivity contribution >= 4 is 29.3 Å². The third-order valence-electron chi connectivity index (χ3n) is 5.42. The number of nitrogens with zero attached hydrogens (tertiary/aromatic N) is 4. The lowest BCUT2D eigenvalue weighted by atomic mass is 9.93. The van der Waals surface area contributed by atoms with E-state index in [1.165, 1.54) is 12.1 Å². The number of pyridine rings is 1. The summed E-state index contributed by atoms with van der Waals surface area (Å²) < 4.78 is 39.9. The minimum atomic E-state index is -4.73. The molecule has 0 saturated carbocycles. The summed E-state index contributed by atoms with van der Waals surface area (Å²) in [6.45, 7) is 0. The van der Waals surface area contributed by atoms with Gasteiger partial charge in [0.05, 0.1) is 16.8 Å². The van der Waals surface area contributed by atoms with Crippen LogP contribution in [0.25, 0.3) is 11.1 Å². The van der Waals surface area contributed by atoms with Gasteiger partial charge in [0.25, 0.3) is 0 Å². The maximum absolute atomic E-state index is 13.3. The molecule has 0 saturated heterocycles. The molecule has 36 heavy (non-hydrogen) atoms. The number of hydrogen-bond acceptors (Lipinski definition) is 9. The van der Waals surface area contributed by atoms with Crippen LogP contribution in [0.2, 0.25) is 0 Å². The Labute approximate surface area is 201 Å². The van der Waals surface area contributed by atoms with Crippen molar-refractivity contribution in [2.24, 2.45) is 4.99 Å². The molecular weight excluding hydrogens is 477 g/mol. The number of aromatic nitrogens is 1. The first-order valence-corrected chi connectivity index (χ1v) is 10.1. The number of carboxylic acid groups (broad SMARTS) is 1. The van der Waals surface area contributed by atoms with Crippen LogP contribution in [0.3, 0.4) is 0 Å². The number of nitrogens with two attached hydrogens (primary N) is 2. The Morgan fingerprint density at radius 1 is 1.11 bits per heavy atom. The fraction of sp³-hybridized carbons (Fsp3) is 0.0870. The number of fused-ring (bicyclic) bond motifs is 1. The summed E-state index contributed by atoms with van der Waals surface area (Å²) in [6, 6.07) is 9.73. The number of benzene rings is 2. The van der Waals surface area contributed by atoms with Crippen molar-refractivity contribution in [2.45, 2.75) is 12.2 Å². The number of anilines is 3. The van der Waals surface area contributed by atoms with Crippen LogP contribution >= 0.6 is 0 Å². The van der Waals surface area contributed by atoms with Crippen molar-refractivity contribution in [3.63, 3.8) is 0 Å². The first kappa shape index (κ1) is 23.8. The van der Waals surface area contributed by atoms with Crippen LogP contribution in [0.5, 0.6) is 0 Å². The van der Waals surface area contributed by atoms with E-state index in [-0.39, 0.29) is 34.4 Å². The fourth-order valence-corrected chi connectivity index (χ4v) is 3.76. The molecule has 2 aromatic carbocycles. The number of nitrogens with one attached hydrogen (secondary N) is 2. The van der Waals surface area contributed by atoms with E-state index in [4.69, 9.17) is 16.7 Å². The topological polar surface area (TPSA) is 186 Å². The minimum Gasteiger partial charge on any atom is -0.478 e. The zero-order valence-electron chi connectivity index (χ0n) is 18.1. The summed E-state index contributed by atoms with van der Waals surface area (Å²) in [5, 5.41) is 32.8. The van der Waals surface area contributed by atoms with E-state index in [2.05, 4.69) is 20.6 Å². The number of halogens is 3. The fourth-order valence-electron chi connectivity index (χ4n) is 3.76. The van der Waals surface area contributed by atoms with Crippen LogP contribution in [0.15, 0.2) is 47.5 Å². The Kier molecular flexibility index (Phi) is 5.83. The molecule has 3 aromatic rings. The van der Waals surface area contributed by atoms with Gasteiger partial charge in [-0.15, -0.1) is 0 Å². The quantitative estimate of drug-likeness (QED) is 0.270. The van der Waals surface area contributed by atoms with Gasteiger partial charge < -0.3 is 21.9 Å². The zero-order chi connectivity index (χ0) is 26.2. The van der Waals surface area contributed by atoms with Crippen LogP contribution in [0.4, 0.5) is 30.5 Å². The molecular formula is C23H15F3N8O2. The molecule has 1 aliphatic rings. The van der Waals surface area contributed by atoms with Gasteiger partial charge in [-0.25, -0.2) is 14.8 Å². The lowest BCUT2D eigenvalue weighted by Gasteiger charge is -2.26. The molecule has 4 rings (SSSR count). The number of aliphatic imine (C=N–C) groups is 1. The Morgan fingerprint density at radius 2 is 1.81 bits per heavy atom. The number of carboxylic acids is 1. The molecule has 1 unspecified atom stereocenters. The maximum atomic E-state index is 13.3.